The van der Waals surface area contributed by atoms with E-state index in [0.29, 0.717) is 13.0 Å². The Morgan fingerprint density at radius 3 is 2.83 bits per heavy atom. The summed E-state index contributed by atoms with van der Waals surface area (Å²) in [6.45, 7) is 4.62. The molecule has 2 unspecified atom stereocenters. The van der Waals surface area contributed by atoms with Crippen molar-refractivity contribution in [1.29, 1.82) is 0 Å². The maximum Gasteiger partial charge on any atom is 0.169 e. The van der Waals surface area contributed by atoms with E-state index in [2.05, 4.69) is 15.9 Å². The molecule has 98 valence electrons. The fourth-order valence-corrected chi connectivity index (χ4v) is 2.40. The Bertz CT molecular complexity index is 445. The minimum Gasteiger partial charge on any atom is -0.486 e. The van der Waals surface area contributed by atoms with Crippen LogP contribution in [-0.2, 0) is 9.53 Å². The van der Waals surface area contributed by atoms with Gasteiger partial charge in [0.2, 0.25) is 0 Å². The number of carbonyl (C=O) groups excluding carboxylic acids is 1. The maximum absolute atomic E-state index is 11.5. The van der Waals surface area contributed by atoms with Crippen molar-refractivity contribution < 1.29 is 14.3 Å². The normalized spacial score (nSPS) is 22.7. The monoisotopic (exact) mass is 312 g/mol. The van der Waals surface area contributed by atoms with Crippen LogP contribution in [0.4, 0.5) is 0 Å². The van der Waals surface area contributed by atoms with Gasteiger partial charge in [-0.25, -0.2) is 0 Å². The first-order valence-electron chi connectivity index (χ1n) is 6.19. The molecule has 1 aliphatic carbocycles. The van der Waals surface area contributed by atoms with Crippen molar-refractivity contribution in [3.8, 4) is 5.75 Å². The molecule has 0 aliphatic heterocycles. The highest BCUT2D eigenvalue weighted by molar-refractivity contribution is 9.10. The van der Waals surface area contributed by atoms with Gasteiger partial charge in [-0.1, -0.05) is 22.9 Å². The number of ether oxygens (including phenoxy) is 2. The predicted octanol–water partition coefficient (Wildman–Crippen LogP) is 3.27. The van der Waals surface area contributed by atoms with E-state index >= 15 is 0 Å². The fourth-order valence-electron chi connectivity index (χ4n) is 1.93. The van der Waals surface area contributed by atoms with E-state index in [-0.39, 0.29) is 18.0 Å². The number of aryl methyl sites for hydroxylation is 1. The average Bonchev–Trinajstić information content (AvgIpc) is 2.32. The van der Waals surface area contributed by atoms with Gasteiger partial charge in [0.05, 0.1) is 0 Å². The fraction of sp³-hybridized carbons (Fsp3) is 0.500. The summed E-state index contributed by atoms with van der Waals surface area (Å²) in [5, 5.41) is 0. The van der Waals surface area contributed by atoms with Gasteiger partial charge >= 0.3 is 0 Å². The predicted molar refractivity (Wildman–Crippen MR) is 73.0 cm³/mol. The highest BCUT2D eigenvalue weighted by Crippen LogP contribution is 2.29. The van der Waals surface area contributed by atoms with E-state index in [9.17, 15) is 4.79 Å². The second-order valence-corrected chi connectivity index (χ2v) is 5.44. The van der Waals surface area contributed by atoms with E-state index in [4.69, 9.17) is 9.47 Å². The number of halogens is 1. The van der Waals surface area contributed by atoms with Crippen LogP contribution < -0.4 is 4.74 Å². The Morgan fingerprint density at radius 2 is 2.22 bits per heavy atom. The van der Waals surface area contributed by atoms with Gasteiger partial charge in [0.25, 0.3) is 0 Å². The molecule has 0 N–H and O–H groups in total. The Labute approximate surface area is 116 Å². The third-order valence-electron chi connectivity index (χ3n) is 2.97. The summed E-state index contributed by atoms with van der Waals surface area (Å²) < 4.78 is 12.4. The van der Waals surface area contributed by atoms with Crippen LogP contribution in [-0.4, -0.2) is 24.6 Å². The first kappa shape index (κ1) is 13.6. The first-order valence-corrected chi connectivity index (χ1v) is 6.98. The van der Waals surface area contributed by atoms with Crippen LogP contribution in [0.2, 0.25) is 0 Å². The molecule has 0 aromatic heterocycles. The van der Waals surface area contributed by atoms with Crippen molar-refractivity contribution in [2.24, 2.45) is 0 Å². The summed E-state index contributed by atoms with van der Waals surface area (Å²) in [5.41, 5.74) is 1.05. The summed E-state index contributed by atoms with van der Waals surface area (Å²) in [7, 11) is 0. The van der Waals surface area contributed by atoms with Crippen molar-refractivity contribution in [2.75, 3.05) is 6.61 Å². The number of carbonyl (C=O) groups is 1. The van der Waals surface area contributed by atoms with Gasteiger partial charge in [0.1, 0.15) is 11.9 Å². The molecule has 4 heteroatoms. The lowest BCUT2D eigenvalue weighted by molar-refractivity contribution is -0.154. The van der Waals surface area contributed by atoms with Crippen molar-refractivity contribution in [3.63, 3.8) is 0 Å². The number of hydrogen-bond donors (Lipinski definition) is 0. The summed E-state index contributed by atoms with van der Waals surface area (Å²) >= 11 is 3.41. The molecule has 3 nitrogen and oxygen atoms in total. The zero-order chi connectivity index (χ0) is 13.1. The number of Topliss-reactive ketones (excluding diaryl/α,β-unsaturated/α-hetero) is 1. The largest absolute Gasteiger partial charge is 0.486 e. The molecular weight excluding hydrogens is 296 g/mol. The molecule has 1 saturated carbocycles. The van der Waals surface area contributed by atoms with E-state index in [0.717, 1.165) is 22.2 Å². The molecule has 1 aromatic carbocycles. The van der Waals surface area contributed by atoms with Crippen molar-refractivity contribution in [1.82, 2.24) is 0 Å². The number of hydrogen-bond acceptors (Lipinski definition) is 3. The Hall–Kier alpha value is -0.870. The molecule has 2 rings (SSSR count). The molecule has 0 saturated heterocycles. The maximum atomic E-state index is 11.5. The van der Waals surface area contributed by atoms with Gasteiger partial charge < -0.3 is 9.47 Å². The summed E-state index contributed by atoms with van der Waals surface area (Å²) in [5.74, 6) is 0.962. The lowest BCUT2D eigenvalue weighted by Crippen LogP contribution is -2.52. The molecule has 1 aliphatic rings. The summed E-state index contributed by atoms with van der Waals surface area (Å²) in [6.07, 6.45) is 0.842. The molecule has 0 radical (unpaired) electrons. The molecule has 2 atom stereocenters. The van der Waals surface area contributed by atoms with E-state index in [1.807, 2.05) is 32.0 Å². The van der Waals surface area contributed by atoms with Crippen LogP contribution in [0, 0.1) is 6.92 Å². The second kappa shape index (κ2) is 5.85. The molecule has 0 bridgehead atoms. The van der Waals surface area contributed by atoms with Gasteiger partial charge in [-0.15, -0.1) is 0 Å². The molecule has 18 heavy (non-hydrogen) atoms. The van der Waals surface area contributed by atoms with Crippen LogP contribution in [0.3, 0.4) is 0 Å². The Morgan fingerprint density at radius 1 is 1.44 bits per heavy atom. The Kier molecular flexibility index (Phi) is 4.40. The van der Waals surface area contributed by atoms with E-state index in [1.54, 1.807) is 0 Å². The molecule has 0 amide bonds. The van der Waals surface area contributed by atoms with E-state index < -0.39 is 0 Å². The van der Waals surface area contributed by atoms with Crippen molar-refractivity contribution in [3.05, 3.63) is 28.2 Å². The standard InChI is InChI=1S/C14H17BrO3/c1-3-6-17-14-11(16)8-13(14)18-12-5-4-10(15)7-9(12)2/h4-5,7,13-14H,3,6,8H2,1-2H3. The highest BCUT2D eigenvalue weighted by atomic mass is 79.9. The third-order valence-corrected chi connectivity index (χ3v) is 3.47. The minimum absolute atomic E-state index is 0.135. The summed E-state index contributed by atoms with van der Waals surface area (Å²) in [4.78, 5) is 11.5. The van der Waals surface area contributed by atoms with Gasteiger partial charge in [0.15, 0.2) is 11.9 Å². The van der Waals surface area contributed by atoms with Gasteiger partial charge in [-0.05, 0) is 37.1 Å². The molecule has 1 fully saturated rings. The van der Waals surface area contributed by atoms with Gasteiger partial charge in [0, 0.05) is 17.5 Å². The van der Waals surface area contributed by atoms with Gasteiger partial charge in [-0.3, -0.25) is 4.79 Å². The minimum atomic E-state index is -0.381. The summed E-state index contributed by atoms with van der Waals surface area (Å²) in [6, 6.07) is 5.85. The van der Waals surface area contributed by atoms with Gasteiger partial charge in [-0.2, -0.15) is 0 Å². The van der Waals surface area contributed by atoms with Crippen LogP contribution in [0.5, 0.6) is 5.75 Å². The van der Waals surface area contributed by atoms with E-state index in [1.165, 1.54) is 0 Å². The molecule has 1 aromatic rings. The van der Waals surface area contributed by atoms with Crippen LogP contribution in [0.15, 0.2) is 22.7 Å². The first-order chi connectivity index (χ1) is 8.61. The molecule has 0 heterocycles. The second-order valence-electron chi connectivity index (χ2n) is 4.53. The number of rotatable bonds is 5. The SMILES string of the molecule is CCCOC1C(=O)CC1Oc1ccc(Br)cc1C. The zero-order valence-electron chi connectivity index (χ0n) is 10.6. The average molecular weight is 313 g/mol. The lowest BCUT2D eigenvalue weighted by Gasteiger charge is -2.35. The molecule has 0 spiro atoms. The van der Waals surface area contributed by atoms with Crippen LogP contribution in [0.25, 0.3) is 0 Å². The Balaban J connectivity index is 1.99. The zero-order valence-corrected chi connectivity index (χ0v) is 12.2. The van der Waals surface area contributed by atoms with Crippen molar-refractivity contribution in [2.45, 2.75) is 38.9 Å². The van der Waals surface area contributed by atoms with Crippen LogP contribution >= 0.6 is 15.9 Å². The number of benzene rings is 1. The molecular formula is C14H17BrO3. The number of ketones is 1. The quantitative estimate of drug-likeness (QED) is 0.837. The lowest BCUT2D eigenvalue weighted by atomic mass is 9.90. The highest BCUT2D eigenvalue weighted by Gasteiger charge is 2.42. The smallest absolute Gasteiger partial charge is 0.169 e. The third kappa shape index (κ3) is 2.93. The topological polar surface area (TPSA) is 35.5 Å². The van der Waals surface area contributed by atoms with Crippen molar-refractivity contribution >= 4 is 21.7 Å². The van der Waals surface area contributed by atoms with Crippen LogP contribution in [0.1, 0.15) is 25.3 Å².